The molecule has 0 unspecified atom stereocenters. The number of carbonyl (C=O) groups is 1. The summed E-state index contributed by atoms with van der Waals surface area (Å²) >= 11 is 0. The Kier molecular flexibility index (Phi) is 6.56. The van der Waals surface area contributed by atoms with Crippen LogP contribution in [0.1, 0.15) is 27.2 Å². The number of esters is 1. The molecule has 2 rings (SSSR count). The van der Waals surface area contributed by atoms with Gasteiger partial charge in [-0.3, -0.25) is 0 Å². The zero-order valence-electron chi connectivity index (χ0n) is 15.5. The van der Waals surface area contributed by atoms with Gasteiger partial charge < -0.3 is 9.47 Å². The maximum Gasteiger partial charge on any atom is 0.338 e. The molecule has 0 radical (unpaired) electrons. The van der Waals surface area contributed by atoms with Gasteiger partial charge in [-0.15, -0.1) is 0 Å². The first-order valence-electron chi connectivity index (χ1n) is 8.52. The number of allylic oxidation sites excluding steroid dienone is 2. The monoisotopic (exact) mass is 348 g/mol. The van der Waals surface area contributed by atoms with E-state index in [-0.39, 0.29) is 0 Å². The lowest BCUT2D eigenvalue weighted by Crippen LogP contribution is -2.07. The average Bonchev–Trinajstić information content (AvgIpc) is 2.62. The predicted molar refractivity (Wildman–Crippen MR) is 106 cm³/mol. The first-order chi connectivity index (χ1) is 12.4. The summed E-state index contributed by atoms with van der Waals surface area (Å²) in [6.45, 7) is 13.1. The standard InChI is InChI=1S/C23H24O3/c1-6-7-22(16(2)3)25-20-12-8-18(9-13-20)19-10-14-21(15-11-19)26-23(24)17(4)5/h7-15H,2,4,6H2,1,3,5H3. The maximum absolute atomic E-state index is 11.5. The minimum Gasteiger partial charge on any atom is -0.457 e. The molecule has 0 aliphatic rings. The Balaban J connectivity index is 2.10. The van der Waals surface area contributed by atoms with Crippen LogP contribution in [0.2, 0.25) is 0 Å². The van der Waals surface area contributed by atoms with E-state index in [0.29, 0.717) is 11.3 Å². The van der Waals surface area contributed by atoms with Crippen molar-refractivity contribution in [3.05, 3.63) is 84.7 Å². The first-order valence-corrected chi connectivity index (χ1v) is 8.52. The Morgan fingerprint density at radius 2 is 1.31 bits per heavy atom. The summed E-state index contributed by atoms with van der Waals surface area (Å²) in [7, 11) is 0. The molecular weight excluding hydrogens is 324 g/mol. The lowest BCUT2D eigenvalue weighted by atomic mass is 10.1. The molecule has 3 heteroatoms. The molecule has 26 heavy (non-hydrogen) atoms. The molecule has 0 bridgehead atoms. The summed E-state index contributed by atoms with van der Waals surface area (Å²) in [5, 5.41) is 0. The fourth-order valence-electron chi connectivity index (χ4n) is 2.24. The van der Waals surface area contributed by atoms with Crippen molar-refractivity contribution < 1.29 is 14.3 Å². The molecule has 134 valence electrons. The van der Waals surface area contributed by atoms with Crippen LogP contribution in [-0.2, 0) is 4.79 Å². The van der Waals surface area contributed by atoms with Crippen LogP contribution in [0.4, 0.5) is 0 Å². The molecule has 0 heterocycles. The van der Waals surface area contributed by atoms with Gasteiger partial charge in [-0.05, 0) is 67.3 Å². The Hall–Kier alpha value is -3.07. The van der Waals surface area contributed by atoms with Gasteiger partial charge in [0.25, 0.3) is 0 Å². The van der Waals surface area contributed by atoms with E-state index in [4.69, 9.17) is 9.47 Å². The van der Waals surface area contributed by atoms with Crippen LogP contribution in [0, 0.1) is 0 Å². The Bertz CT molecular complexity index is 825. The van der Waals surface area contributed by atoms with Crippen molar-refractivity contribution in [2.45, 2.75) is 27.2 Å². The largest absolute Gasteiger partial charge is 0.457 e. The third-order valence-electron chi connectivity index (χ3n) is 3.64. The van der Waals surface area contributed by atoms with E-state index >= 15 is 0 Å². The SMILES string of the molecule is C=C(C)C(=O)Oc1ccc(-c2ccc(OC(=CCC)C(=C)C)cc2)cc1. The van der Waals surface area contributed by atoms with E-state index < -0.39 is 5.97 Å². The molecule has 0 atom stereocenters. The molecule has 0 saturated carbocycles. The van der Waals surface area contributed by atoms with Gasteiger partial charge in [0, 0.05) is 5.57 Å². The Morgan fingerprint density at radius 3 is 1.69 bits per heavy atom. The van der Waals surface area contributed by atoms with Gasteiger partial charge in [0.1, 0.15) is 17.3 Å². The normalized spacial score (nSPS) is 11.0. The second kappa shape index (κ2) is 8.86. The fraction of sp³-hybridized carbons (Fsp3) is 0.174. The van der Waals surface area contributed by atoms with Crippen LogP contribution in [0.3, 0.4) is 0 Å². The highest BCUT2D eigenvalue weighted by molar-refractivity contribution is 5.88. The molecule has 0 aliphatic heterocycles. The first kappa shape index (κ1) is 19.3. The molecule has 0 aromatic heterocycles. The lowest BCUT2D eigenvalue weighted by Gasteiger charge is -2.11. The molecular formula is C23H24O3. The van der Waals surface area contributed by atoms with E-state index in [1.54, 1.807) is 19.1 Å². The van der Waals surface area contributed by atoms with Crippen molar-refractivity contribution in [3.63, 3.8) is 0 Å². The van der Waals surface area contributed by atoms with E-state index in [1.807, 2.05) is 49.4 Å². The van der Waals surface area contributed by atoms with Crippen LogP contribution in [0.15, 0.2) is 84.7 Å². The summed E-state index contributed by atoms with van der Waals surface area (Å²) in [5.74, 6) is 1.64. The van der Waals surface area contributed by atoms with Gasteiger partial charge in [-0.25, -0.2) is 4.79 Å². The molecule has 0 spiro atoms. The lowest BCUT2D eigenvalue weighted by molar-refractivity contribution is -0.130. The third kappa shape index (κ3) is 5.21. The zero-order chi connectivity index (χ0) is 19.1. The molecule has 3 nitrogen and oxygen atoms in total. The van der Waals surface area contributed by atoms with Gasteiger partial charge in [-0.1, -0.05) is 44.3 Å². The Morgan fingerprint density at radius 1 is 0.846 bits per heavy atom. The number of hydrogen-bond acceptors (Lipinski definition) is 3. The highest BCUT2D eigenvalue weighted by Crippen LogP contribution is 2.26. The van der Waals surface area contributed by atoms with Crippen molar-refractivity contribution in [1.82, 2.24) is 0 Å². The van der Waals surface area contributed by atoms with Crippen LogP contribution in [-0.4, -0.2) is 5.97 Å². The van der Waals surface area contributed by atoms with Gasteiger partial charge in [0.05, 0.1) is 0 Å². The predicted octanol–water partition coefficient (Wildman–Crippen LogP) is 6.08. The van der Waals surface area contributed by atoms with E-state index in [9.17, 15) is 4.79 Å². The van der Waals surface area contributed by atoms with Crippen molar-refractivity contribution in [2.24, 2.45) is 0 Å². The van der Waals surface area contributed by atoms with Gasteiger partial charge in [-0.2, -0.15) is 0 Å². The fourth-order valence-corrected chi connectivity index (χ4v) is 2.24. The van der Waals surface area contributed by atoms with Crippen LogP contribution in [0.5, 0.6) is 11.5 Å². The van der Waals surface area contributed by atoms with Gasteiger partial charge in [0.2, 0.25) is 0 Å². The van der Waals surface area contributed by atoms with E-state index in [2.05, 4.69) is 20.1 Å². The summed E-state index contributed by atoms with van der Waals surface area (Å²) in [6, 6.07) is 15.2. The number of hydrogen-bond donors (Lipinski definition) is 0. The summed E-state index contributed by atoms with van der Waals surface area (Å²) in [6.07, 6.45) is 2.91. The molecule has 0 aliphatic carbocycles. The van der Waals surface area contributed by atoms with Crippen molar-refractivity contribution in [2.75, 3.05) is 0 Å². The molecule has 2 aromatic carbocycles. The van der Waals surface area contributed by atoms with E-state index in [1.165, 1.54) is 0 Å². The van der Waals surface area contributed by atoms with Crippen LogP contribution >= 0.6 is 0 Å². The quantitative estimate of drug-likeness (QED) is 0.200. The number of carbonyl (C=O) groups excluding carboxylic acids is 1. The number of benzene rings is 2. The minimum absolute atomic E-state index is 0.371. The highest BCUT2D eigenvalue weighted by Gasteiger charge is 2.06. The molecule has 2 aromatic rings. The minimum atomic E-state index is -0.423. The van der Waals surface area contributed by atoms with Crippen molar-refractivity contribution >= 4 is 5.97 Å². The van der Waals surface area contributed by atoms with Crippen molar-refractivity contribution in [3.8, 4) is 22.6 Å². The maximum atomic E-state index is 11.5. The molecule has 0 saturated heterocycles. The summed E-state index contributed by atoms with van der Waals surface area (Å²) < 4.78 is 11.1. The summed E-state index contributed by atoms with van der Waals surface area (Å²) in [4.78, 5) is 11.5. The van der Waals surface area contributed by atoms with E-state index in [0.717, 1.165) is 34.6 Å². The van der Waals surface area contributed by atoms with Crippen molar-refractivity contribution in [1.29, 1.82) is 0 Å². The number of rotatable bonds is 7. The van der Waals surface area contributed by atoms with Gasteiger partial charge >= 0.3 is 5.97 Å². The second-order valence-electron chi connectivity index (χ2n) is 6.08. The molecule has 0 fully saturated rings. The third-order valence-corrected chi connectivity index (χ3v) is 3.64. The smallest absolute Gasteiger partial charge is 0.338 e. The second-order valence-corrected chi connectivity index (χ2v) is 6.08. The highest BCUT2D eigenvalue weighted by atomic mass is 16.5. The Labute approximate surface area is 155 Å². The van der Waals surface area contributed by atoms with Gasteiger partial charge in [0.15, 0.2) is 0 Å². The molecule has 0 N–H and O–H groups in total. The number of ether oxygens (including phenoxy) is 2. The summed E-state index contributed by atoms with van der Waals surface area (Å²) in [5.41, 5.74) is 3.34. The van der Waals surface area contributed by atoms with Crippen LogP contribution in [0.25, 0.3) is 11.1 Å². The molecule has 0 amide bonds. The average molecular weight is 348 g/mol. The topological polar surface area (TPSA) is 35.5 Å². The zero-order valence-corrected chi connectivity index (χ0v) is 15.5. The van der Waals surface area contributed by atoms with Crippen LogP contribution < -0.4 is 9.47 Å².